The lowest BCUT2D eigenvalue weighted by Gasteiger charge is -2.24. The van der Waals surface area contributed by atoms with Gasteiger partial charge in [-0.1, -0.05) is 38.5 Å². The number of thioether (sulfide) groups is 1. The van der Waals surface area contributed by atoms with E-state index >= 15 is 0 Å². The van der Waals surface area contributed by atoms with E-state index in [9.17, 15) is 19.5 Å². The molecule has 0 saturated carbocycles. The standard InChI is InChI=1S/C22H32N4O4S/c1-4-13(2)19(23)21(28)25-17(9-10-31-3)20(27)26-18(22(29)30)11-14-12-24-16-8-6-5-7-15(14)16/h5-8,12-13,17-19,24H,4,9-11,23H2,1-3H3,(H,25,28)(H,26,27)(H,29,30). The average molecular weight is 449 g/mol. The van der Waals surface area contributed by atoms with Crippen LogP contribution in [0.25, 0.3) is 10.9 Å². The van der Waals surface area contributed by atoms with Gasteiger partial charge in [0.1, 0.15) is 12.1 Å². The molecule has 6 N–H and O–H groups in total. The number of H-pyrrole nitrogens is 1. The van der Waals surface area contributed by atoms with Crippen LogP contribution in [0.2, 0.25) is 0 Å². The summed E-state index contributed by atoms with van der Waals surface area (Å²) in [7, 11) is 0. The Bertz CT molecular complexity index is 901. The normalized spacial score (nSPS) is 15.1. The maximum atomic E-state index is 12.9. The maximum absolute atomic E-state index is 12.9. The minimum Gasteiger partial charge on any atom is -0.480 e. The molecule has 4 atom stereocenters. The lowest BCUT2D eigenvalue weighted by atomic mass is 9.99. The molecule has 1 aromatic heterocycles. The molecule has 0 aliphatic rings. The van der Waals surface area contributed by atoms with Crippen LogP contribution in [0.5, 0.6) is 0 Å². The summed E-state index contributed by atoms with van der Waals surface area (Å²) in [6, 6.07) is 4.88. The summed E-state index contributed by atoms with van der Waals surface area (Å²) < 4.78 is 0. The van der Waals surface area contributed by atoms with Crippen molar-refractivity contribution in [2.24, 2.45) is 11.7 Å². The molecule has 0 aliphatic carbocycles. The van der Waals surface area contributed by atoms with Gasteiger partial charge in [0.2, 0.25) is 11.8 Å². The third-order valence-corrected chi connectivity index (χ3v) is 6.16. The van der Waals surface area contributed by atoms with Gasteiger partial charge in [0.15, 0.2) is 0 Å². The van der Waals surface area contributed by atoms with E-state index < -0.39 is 35.9 Å². The van der Waals surface area contributed by atoms with E-state index in [1.165, 1.54) is 0 Å². The molecular formula is C22H32N4O4S. The van der Waals surface area contributed by atoms with Crippen LogP contribution < -0.4 is 16.4 Å². The fourth-order valence-electron chi connectivity index (χ4n) is 3.28. The summed E-state index contributed by atoms with van der Waals surface area (Å²) >= 11 is 1.54. The Balaban J connectivity index is 2.12. The number of hydrogen-bond acceptors (Lipinski definition) is 5. The maximum Gasteiger partial charge on any atom is 0.326 e. The Morgan fingerprint density at radius 1 is 1.16 bits per heavy atom. The number of hydrogen-bond donors (Lipinski definition) is 5. The Kier molecular flexibility index (Phi) is 9.39. The lowest BCUT2D eigenvalue weighted by Crippen LogP contribution is -2.55. The number of carboxylic acids is 1. The second-order valence-electron chi connectivity index (χ2n) is 7.72. The van der Waals surface area contributed by atoms with Crippen LogP contribution in [-0.4, -0.2) is 58.0 Å². The molecule has 1 heterocycles. The van der Waals surface area contributed by atoms with Gasteiger partial charge in [-0.25, -0.2) is 4.79 Å². The van der Waals surface area contributed by atoms with Gasteiger partial charge >= 0.3 is 5.97 Å². The highest BCUT2D eigenvalue weighted by Crippen LogP contribution is 2.19. The van der Waals surface area contributed by atoms with Crippen LogP contribution in [0, 0.1) is 5.92 Å². The number of amides is 2. The Morgan fingerprint density at radius 3 is 2.48 bits per heavy atom. The Hall–Kier alpha value is -2.52. The van der Waals surface area contributed by atoms with E-state index in [0.29, 0.717) is 12.2 Å². The summed E-state index contributed by atoms with van der Waals surface area (Å²) in [5.41, 5.74) is 7.69. The van der Waals surface area contributed by atoms with Crippen molar-refractivity contribution < 1.29 is 19.5 Å². The van der Waals surface area contributed by atoms with E-state index in [2.05, 4.69) is 15.6 Å². The molecule has 31 heavy (non-hydrogen) atoms. The van der Waals surface area contributed by atoms with Gasteiger partial charge in [-0.15, -0.1) is 0 Å². The first kappa shape index (κ1) is 24.7. The number of nitrogens with two attached hydrogens (primary N) is 1. The van der Waals surface area contributed by atoms with Crippen LogP contribution in [-0.2, 0) is 20.8 Å². The first-order chi connectivity index (χ1) is 14.8. The minimum absolute atomic E-state index is 0.0297. The quantitative estimate of drug-likeness (QED) is 0.336. The van der Waals surface area contributed by atoms with Gasteiger partial charge in [0.05, 0.1) is 6.04 Å². The molecule has 2 rings (SSSR count). The fraction of sp³-hybridized carbons (Fsp3) is 0.500. The summed E-state index contributed by atoms with van der Waals surface area (Å²) in [5.74, 6) is -1.45. The van der Waals surface area contributed by atoms with Gasteiger partial charge in [-0.05, 0) is 36.0 Å². The first-order valence-electron chi connectivity index (χ1n) is 10.4. The zero-order chi connectivity index (χ0) is 23.0. The number of carboxylic acid groups (broad SMARTS) is 1. The number of carbonyl (C=O) groups excluding carboxylic acids is 2. The summed E-state index contributed by atoms with van der Waals surface area (Å²) in [6.45, 7) is 3.82. The summed E-state index contributed by atoms with van der Waals surface area (Å²) in [5, 5.41) is 15.9. The molecular weight excluding hydrogens is 416 g/mol. The molecule has 0 bridgehead atoms. The molecule has 0 spiro atoms. The highest BCUT2D eigenvalue weighted by molar-refractivity contribution is 7.98. The predicted octanol–water partition coefficient (Wildman–Crippen LogP) is 1.89. The van der Waals surface area contributed by atoms with Crippen molar-refractivity contribution in [1.29, 1.82) is 0 Å². The molecule has 2 amide bonds. The second kappa shape index (κ2) is 11.8. The molecule has 170 valence electrons. The Labute approximate surface area is 186 Å². The van der Waals surface area contributed by atoms with Crippen LogP contribution in [0.3, 0.4) is 0 Å². The number of benzene rings is 1. The molecule has 0 saturated heterocycles. The number of para-hydroxylation sites is 1. The number of rotatable bonds is 12. The van der Waals surface area contributed by atoms with Gasteiger partial charge in [-0.3, -0.25) is 9.59 Å². The largest absolute Gasteiger partial charge is 0.480 e. The zero-order valence-electron chi connectivity index (χ0n) is 18.2. The molecule has 0 radical (unpaired) electrons. The van der Waals surface area contributed by atoms with Crippen molar-refractivity contribution in [1.82, 2.24) is 15.6 Å². The molecule has 4 unspecified atom stereocenters. The van der Waals surface area contributed by atoms with Crippen LogP contribution >= 0.6 is 11.8 Å². The monoisotopic (exact) mass is 448 g/mol. The second-order valence-corrected chi connectivity index (χ2v) is 8.70. The van der Waals surface area contributed by atoms with Gasteiger partial charge < -0.3 is 26.5 Å². The van der Waals surface area contributed by atoms with E-state index in [1.54, 1.807) is 18.0 Å². The average Bonchev–Trinajstić information content (AvgIpc) is 3.17. The third kappa shape index (κ3) is 6.73. The van der Waals surface area contributed by atoms with Crippen molar-refractivity contribution in [2.45, 2.75) is 51.2 Å². The van der Waals surface area contributed by atoms with Crippen LogP contribution in [0.4, 0.5) is 0 Å². The van der Waals surface area contributed by atoms with E-state index in [1.807, 2.05) is 44.4 Å². The number of carbonyl (C=O) groups is 3. The van der Waals surface area contributed by atoms with Crippen molar-refractivity contribution in [2.75, 3.05) is 12.0 Å². The summed E-state index contributed by atoms with van der Waals surface area (Å²) in [4.78, 5) is 40.4. The van der Waals surface area contributed by atoms with Gasteiger partial charge in [0.25, 0.3) is 0 Å². The zero-order valence-corrected chi connectivity index (χ0v) is 19.0. The lowest BCUT2D eigenvalue weighted by molar-refractivity contribution is -0.142. The summed E-state index contributed by atoms with van der Waals surface area (Å²) in [6.07, 6.45) is 4.90. The number of aliphatic carboxylic acids is 1. The highest BCUT2D eigenvalue weighted by Gasteiger charge is 2.29. The topological polar surface area (TPSA) is 137 Å². The third-order valence-electron chi connectivity index (χ3n) is 5.52. The predicted molar refractivity (Wildman–Crippen MR) is 124 cm³/mol. The first-order valence-corrected chi connectivity index (χ1v) is 11.8. The van der Waals surface area contributed by atoms with Gasteiger partial charge in [-0.2, -0.15) is 11.8 Å². The number of nitrogens with one attached hydrogen (secondary N) is 3. The number of aromatic nitrogens is 1. The molecule has 2 aromatic rings. The van der Waals surface area contributed by atoms with Crippen molar-refractivity contribution in [3.05, 3.63) is 36.0 Å². The van der Waals surface area contributed by atoms with Crippen LogP contribution in [0.15, 0.2) is 30.5 Å². The van der Waals surface area contributed by atoms with E-state index in [4.69, 9.17) is 5.73 Å². The van der Waals surface area contributed by atoms with Gasteiger partial charge in [0, 0.05) is 23.5 Å². The van der Waals surface area contributed by atoms with Crippen LogP contribution in [0.1, 0.15) is 32.3 Å². The fourth-order valence-corrected chi connectivity index (χ4v) is 3.75. The number of fused-ring (bicyclic) bond motifs is 1. The molecule has 8 nitrogen and oxygen atoms in total. The van der Waals surface area contributed by atoms with E-state index in [-0.39, 0.29) is 12.3 Å². The number of aromatic amines is 1. The minimum atomic E-state index is -1.13. The van der Waals surface area contributed by atoms with Crippen molar-refractivity contribution >= 4 is 40.4 Å². The Morgan fingerprint density at radius 2 is 1.84 bits per heavy atom. The van der Waals surface area contributed by atoms with E-state index in [0.717, 1.165) is 22.9 Å². The van der Waals surface area contributed by atoms with Crippen molar-refractivity contribution in [3.8, 4) is 0 Å². The highest BCUT2D eigenvalue weighted by atomic mass is 32.2. The molecule has 0 aliphatic heterocycles. The van der Waals surface area contributed by atoms with Crippen molar-refractivity contribution in [3.63, 3.8) is 0 Å². The smallest absolute Gasteiger partial charge is 0.326 e. The SMILES string of the molecule is CCC(C)C(N)C(=O)NC(CCSC)C(=O)NC(Cc1c[nH]c2ccccc12)C(=O)O. The molecule has 0 fully saturated rings. The molecule has 9 heteroatoms. The molecule has 1 aromatic carbocycles.